The molecule has 0 fully saturated rings. The molecule has 0 heterocycles. The van der Waals surface area contributed by atoms with Gasteiger partial charge in [-0.15, -0.1) is 11.6 Å². The Morgan fingerprint density at radius 1 is 1.43 bits per heavy atom. The third kappa shape index (κ3) is 2.93. The molecule has 0 rings (SSSR count). The summed E-state index contributed by atoms with van der Waals surface area (Å²) in [6.45, 7) is 6.49. The molecule has 0 spiro atoms. The number of halogens is 1. The first-order valence-corrected chi connectivity index (χ1v) is 3.22. The molecule has 1 heteroatoms. The van der Waals surface area contributed by atoms with Gasteiger partial charge in [0.05, 0.1) is 0 Å². The third-order valence-electron chi connectivity index (χ3n) is 1.32. The van der Waals surface area contributed by atoms with E-state index in [1.54, 1.807) is 0 Å². The number of alkyl halides is 1. The molecule has 44 valence electrons. The van der Waals surface area contributed by atoms with E-state index in [9.17, 15) is 0 Å². The van der Waals surface area contributed by atoms with Gasteiger partial charge >= 0.3 is 0 Å². The van der Waals surface area contributed by atoms with E-state index in [-0.39, 0.29) is 0 Å². The zero-order chi connectivity index (χ0) is 5.91. The summed E-state index contributed by atoms with van der Waals surface area (Å²) in [4.78, 5) is 0. The maximum absolute atomic E-state index is 5.59. The second kappa shape index (κ2) is 2.56. The highest BCUT2D eigenvalue weighted by molar-refractivity contribution is 6.18. The van der Waals surface area contributed by atoms with Crippen LogP contribution in [0.3, 0.4) is 0 Å². The van der Waals surface area contributed by atoms with Crippen LogP contribution in [0.4, 0.5) is 0 Å². The molecule has 0 aliphatic rings. The monoisotopic (exact) mass is 120 g/mol. The quantitative estimate of drug-likeness (QED) is 0.492. The second-order valence-corrected chi connectivity index (χ2v) is 2.92. The lowest BCUT2D eigenvalue weighted by atomic mass is 9.93. The van der Waals surface area contributed by atoms with Crippen molar-refractivity contribution in [2.24, 2.45) is 5.41 Å². The molecule has 0 aromatic rings. The van der Waals surface area contributed by atoms with Crippen LogP contribution in [-0.4, -0.2) is 5.88 Å². The Hall–Kier alpha value is 0.290. The van der Waals surface area contributed by atoms with Crippen LogP contribution in [0.15, 0.2) is 0 Å². The van der Waals surface area contributed by atoms with Crippen molar-refractivity contribution in [2.45, 2.75) is 27.2 Å². The number of hydrogen-bond acceptors (Lipinski definition) is 0. The van der Waals surface area contributed by atoms with Crippen molar-refractivity contribution in [1.29, 1.82) is 0 Å². The fourth-order valence-corrected chi connectivity index (χ4v) is 0.283. The predicted molar refractivity (Wildman–Crippen MR) is 34.8 cm³/mol. The minimum absolute atomic E-state index is 0.349. The molecule has 0 radical (unpaired) electrons. The van der Waals surface area contributed by atoms with E-state index in [1.165, 1.54) is 0 Å². The smallest absolute Gasteiger partial charge is 0.0274 e. The van der Waals surface area contributed by atoms with Gasteiger partial charge in [-0.1, -0.05) is 20.8 Å². The normalized spacial score (nSPS) is 12.0. The topological polar surface area (TPSA) is 0 Å². The maximum Gasteiger partial charge on any atom is 0.0274 e. The molecule has 0 aliphatic heterocycles. The molecule has 0 saturated carbocycles. The predicted octanol–water partition coefficient (Wildman–Crippen LogP) is 2.66. The highest BCUT2D eigenvalue weighted by Crippen LogP contribution is 2.20. The first-order valence-electron chi connectivity index (χ1n) is 2.68. The molecular weight excluding hydrogens is 108 g/mol. The summed E-state index contributed by atoms with van der Waals surface area (Å²) in [5.41, 5.74) is 0.349. The highest BCUT2D eigenvalue weighted by atomic mass is 35.5. The van der Waals surface area contributed by atoms with Crippen LogP contribution >= 0.6 is 11.6 Å². The zero-order valence-corrected chi connectivity index (χ0v) is 6.05. The Morgan fingerprint density at radius 3 is 1.86 bits per heavy atom. The van der Waals surface area contributed by atoms with E-state index in [4.69, 9.17) is 11.6 Å². The largest absolute Gasteiger partial charge is 0.126 e. The van der Waals surface area contributed by atoms with Gasteiger partial charge in [0.15, 0.2) is 0 Å². The van der Waals surface area contributed by atoms with Gasteiger partial charge < -0.3 is 0 Å². The lowest BCUT2D eigenvalue weighted by Crippen LogP contribution is -2.10. The van der Waals surface area contributed by atoms with Crippen LogP contribution in [0.25, 0.3) is 0 Å². The van der Waals surface area contributed by atoms with Crippen molar-refractivity contribution < 1.29 is 0 Å². The van der Waals surface area contributed by atoms with Gasteiger partial charge in [-0.3, -0.25) is 0 Å². The Kier molecular flexibility index (Phi) is 2.67. The number of rotatable bonds is 2. The molecule has 7 heavy (non-hydrogen) atoms. The fraction of sp³-hybridized carbons (Fsp3) is 1.00. The van der Waals surface area contributed by atoms with Gasteiger partial charge in [-0.2, -0.15) is 0 Å². The van der Waals surface area contributed by atoms with Crippen molar-refractivity contribution in [3.8, 4) is 0 Å². The van der Waals surface area contributed by atoms with E-state index in [2.05, 4.69) is 20.8 Å². The molecule has 0 aromatic carbocycles. The SMILES string of the molecule is CCC(C)(C)CCl. The van der Waals surface area contributed by atoms with Crippen LogP contribution in [0.2, 0.25) is 0 Å². The fourth-order valence-electron chi connectivity index (χ4n) is 0.0945. The van der Waals surface area contributed by atoms with E-state index >= 15 is 0 Å². The van der Waals surface area contributed by atoms with Gasteiger partial charge in [0.2, 0.25) is 0 Å². The molecule has 0 atom stereocenters. The van der Waals surface area contributed by atoms with Crippen molar-refractivity contribution in [1.82, 2.24) is 0 Å². The molecule has 0 amide bonds. The summed E-state index contributed by atoms with van der Waals surface area (Å²) in [6.07, 6.45) is 1.16. The first-order chi connectivity index (χ1) is 3.12. The Labute approximate surface area is 50.9 Å². The molecule has 0 bridgehead atoms. The Balaban J connectivity index is 3.36. The van der Waals surface area contributed by atoms with Crippen LogP contribution in [0, 0.1) is 5.41 Å². The molecule has 0 nitrogen and oxygen atoms in total. The Bertz CT molecular complexity index is 42.1. The number of hydrogen-bond donors (Lipinski definition) is 0. The molecule has 0 N–H and O–H groups in total. The van der Waals surface area contributed by atoms with Crippen LogP contribution in [-0.2, 0) is 0 Å². The van der Waals surface area contributed by atoms with Gasteiger partial charge in [-0.25, -0.2) is 0 Å². The molecule has 0 aliphatic carbocycles. The molecule has 0 unspecified atom stereocenters. The maximum atomic E-state index is 5.59. The standard InChI is InChI=1S/C6H13Cl/c1-4-6(2,3)5-7/h4-5H2,1-3H3. The van der Waals surface area contributed by atoms with Crippen LogP contribution in [0.1, 0.15) is 27.2 Å². The molecule has 0 aromatic heterocycles. The summed E-state index contributed by atoms with van der Waals surface area (Å²) < 4.78 is 0. The summed E-state index contributed by atoms with van der Waals surface area (Å²) in [7, 11) is 0. The van der Waals surface area contributed by atoms with E-state index in [1.807, 2.05) is 0 Å². The third-order valence-corrected chi connectivity index (χ3v) is 2.04. The van der Waals surface area contributed by atoms with Gasteiger partial charge in [0, 0.05) is 5.88 Å². The van der Waals surface area contributed by atoms with E-state index in [0.29, 0.717) is 5.41 Å². The molecular formula is C6H13Cl. The van der Waals surface area contributed by atoms with Crippen LogP contribution < -0.4 is 0 Å². The van der Waals surface area contributed by atoms with E-state index in [0.717, 1.165) is 12.3 Å². The average Bonchev–Trinajstić information content (AvgIpc) is 1.68. The van der Waals surface area contributed by atoms with Crippen LogP contribution in [0.5, 0.6) is 0 Å². The first kappa shape index (κ1) is 7.29. The molecule has 0 saturated heterocycles. The van der Waals surface area contributed by atoms with E-state index < -0.39 is 0 Å². The average molecular weight is 121 g/mol. The lowest BCUT2D eigenvalue weighted by molar-refractivity contribution is 0.404. The van der Waals surface area contributed by atoms with Crippen molar-refractivity contribution in [2.75, 3.05) is 5.88 Å². The second-order valence-electron chi connectivity index (χ2n) is 2.65. The van der Waals surface area contributed by atoms with Gasteiger partial charge in [0.1, 0.15) is 0 Å². The summed E-state index contributed by atoms with van der Waals surface area (Å²) in [6, 6.07) is 0. The lowest BCUT2D eigenvalue weighted by Gasteiger charge is -2.17. The zero-order valence-electron chi connectivity index (χ0n) is 5.29. The highest BCUT2D eigenvalue weighted by Gasteiger charge is 2.11. The summed E-state index contributed by atoms with van der Waals surface area (Å²) >= 11 is 5.59. The summed E-state index contributed by atoms with van der Waals surface area (Å²) in [5, 5.41) is 0. The van der Waals surface area contributed by atoms with Crippen molar-refractivity contribution >= 4 is 11.6 Å². The minimum Gasteiger partial charge on any atom is -0.126 e. The van der Waals surface area contributed by atoms with Gasteiger partial charge in [-0.05, 0) is 11.8 Å². The van der Waals surface area contributed by atoms with Crippen molar-refractivity contribution in [3.63, 3.8) is 0 Å². The Morgan fingerprint density at radius 2 is 1.86 bits per heavy atom. The minimum atomic E-state index is 0.349. The van der Waals surface area contributed by atoms with Gasteiger partial charge in [0.25, 0.3) is 0 Å². The van der Waals surface area contributed by atoms with Crippen molar-refractivity contribution in [3.05, 3.63) is 0 Å². The summed E-state index contributed by atoms with van der Waals surface area (Å²) in [5.74, 6) is 0.767.